The minimum Gasteiger partial charge on any atom is -0.356 e. The molecule has 4 rings (SSSR count). The van der Waals surface area contributed by atoms with E-state index in [1.165, 1.54) is 12.0 Å². The molecule has 5 nitrogen and oxygen atoms in total. The van der Waals surface area contributed by atoms with E-state index in [1.807, 2.05) is 25.7 Å². The second-order valence-corrected chi connectivity index (χ2v) is 6.83. The Hall–Kier alpha value is -1.65. The number of aryl methyl sites for hydroxylation is 1. The van der Waals surface area contributed by atoms with Crippen LogP contribution < -0.4 is 4.90 Å². The van der Waals surface area contributed by atoms with Gasteiger partial charge >= 0.3 is 0 Å². The number of carbonyl (C=O) groups excluding carboxylic acids is 1. The van der Waals surface area contributed by atoms with Crippen molar-refractivity contribution in [2.75, 3.05) is 18.0 Å². The lowest BCUT2D eigenvalue weighted by atomic mass is 9.75. The Labute approximate surface area is 139 Å². The molecule has 3 aliphatic rings. The van der Waals surface area contributed by atoms with Gasteiger partial charge in [-0.05, 0) is 32.1 Å². The molecule has 2 aliphatic heterocycles. The lowest BCUT2D eigenvalue weighted by molar-refractivity contribution is -0.140. The molecule has 126 valence electrons. The van der Waals surface area contributed by atoms with Gasteiger partial charge in [0.1, 0.15) is 11.6 Å². The van der Waals surface area contributed by atoms with Gasteiger partial charge in [-0.15, -0.1) is 0 Å². The summed E-state index contributed by atoms with van der Waals surface area (Å²) in [6, 6.07) is 0. The van der Waals surface area contributed by atoms with Gasteiger partial charge in [0.25, 0.3) is 0 Å². The number of hydrogen-bond acceptors (Lipinski definition) is 4. The van der Waals surface area contributed by atoms with Gasteiger partial charge in [-0.2, -0.15) is 0 Å². The Morgan fingerprint density at radius 3 is 2.39 bits per heavy atom. The monoisotopic (exact) mass is 316 g/mol. The predicted molar refractivity (Wildman–Crippen MR) is 91.1 cm³/mol. The van der Waals surface area contributed by atoms with Crippen LogP contribution in [0.2, 0.25) is 0 Å². The van der Waals surface area contributed by atoms with Crippen molar-refractivity contribution >= 4 is 11.7 Å². The Bertz CT molecular complexity index is 591. The molecule has 1 saturated carbocycles. The van der Waals surface area contributed by atoms with Gasteiger partial charge in [0, 0.05) is 24.6 Å². The molecule has 2 fully saturated rings. The van der Waals surface area contributed by atoms with Gasteiger partial charge in [-0.1, -0.05) is 20.8 Å². The first-order valence-electron chi connectivity index (χ1n) is 9.02. The van der Waals surface area contributed by atoms with E-state index in [0.29, 0.717) is 24.9 Å². The molecule has 5 heteroatoms. The van der Waals surface area contributed by atoms with E-state index in [2.05, 4.69) is 21.8 Å². The first-order chi connectivity index (χ1) is 11.1. The highest BCUT2D eigenvalue weighted by molar-refractivity contribution is 5.80. The molecule has 0 bridgehead atoms. The fraction of sp³-hybridized carbons (Fsp3) is 0.722. The van der Waals surface area contributed by atoms with Crippen LogP contribution in [-0.4, -0.2) is 33.9 Å². The van der Waals surface area contributed by atoms with Crippen LogP contribution in [0.25, 0.3) is 0 Å². The maximum atomic E-state index is 12.6. The molecule has 0 unspecified atom stereocenters. The van der Waals surface area contributed by atoms with Crippen LogP contribution in [0.3, 0.4) is 0 Å². The molecular formula is C18H28N4O. The molecule has 0 N–H and O–H groups in total. The van der Waals surface area contributed by atoms with Gasteiger partial charge in [-0.3, -0.25) is 4.79 Å². The van der Waals surface area contributed by atoms with E-state index in [1.54, 1.807) is 0 Å². The first-order valence-corrected chi connectivity index (χ1v) is 9.02. The van der Waals surface area contributed by atoms with Crippen molar-refractivity contribution < 1.29 is 4.79 Å². The summed E-state index contributed by atoms with van der Waals surface area (Å²) in [7, 11) is 0. The highest BCUT2D eigenvalue weighted by Crippen LogP contribution is 2.37. The zero-order valence-corrected chi connectivity index (χ0v) is 14.8. The number of carbonyl (C=O) groups is 1. The fourth-order valence-corrected chi connectivity index (χ4v) is 3.67. The van der Waals surface area contributed by atoms with E-state index < -0.39 is 0 Å². The van der Waals surface area contributed by atoms with Crippen LogP contribution in [-0.2, 0) is 17.9 Å². The maximum absolute atomic E-state index is 12.6. The second kappa shape index (κ2) is 6.46. The zero-order valence-electron chi connectivity index (χ0n) is 14.8. The first kappa shape index (κ1) is 16.2. The number of amides is 1. The average molecular weight is 316 g/mol. The lowest BCUT2D eigenvalue weighted by Crippen LogP contribution is -2.39. The third kappa shape index (κ3) is 2.93. The van der Waals surface area contributed by atoms with E-state index in [0.717, 1.165) is 43.3 Å². The molecular weight excluding hydrogens is 288 g/mol. The minimum atomic E-state index is 0.246. The largest absolute Gasteiger partial charge is 0.356 e. The molecule has 0 atom stereocenters. The van der Waals surface area contributed by atoms with Crippen molar-refractivity contribution in [1.82, 2.24) is 14.9 Å². The summed E-state index contributed by atoms with van der Waals surface area (Å²) in [5.74, 6) is 3.17. The summed E-state index contributed by atoms with van der Waals surface area (Å²) >= 11 is 0. The molecule has 1 aliphatic carbocycles. The van der Waals surface area contributed by atoms with Crippen molar-refractivity contribution in [2.24, 2.45) is 11.8 Å². The zero-order chi connectivity index (χ0) is 16.6. The number of nitrogens with zero attached hydrogens (tertiary/aromatic N) is 4. The molecule has 3 heterocycles. The van der Waals surface area contributed by atoms with E-state index in [9.17, 15) is 4.79 Å². The summed E-state index contributed by atoms with van der Waals surface area (Å²) in [5, 5.41) is 0. The van der Waals surface area contributed by atoms with Crippen LogP contribution in [0.1, 0.15) is 57.1 Å². The lowest BCUT2D eigenvalue weighted by Gasteiger charge is -2.34. The molecule has 0 aromatic carbocycles. The van der Waals surface area contributed by atoms with Crippen molar-refractivity contribution in [1.29, 1.82) is 0 Å². The van der Waals surface area contributed by atoms with Gasteiger partial charge in [-0.25, -0.2) is 9.97 Å². The summed E-state index contributed by atoms with van der Waals surface area (Å²) in [6.45, 7) is 11.7. The fourth-order valence-electron chi connectivity index (χ4n) is 3.67. The second-order valence-electron chi connectivity index (χ2n) is 6.83. The standard InChI is InChI=1S/C16H22N4O.C2H6/c1-10-6-12(7-10)16(21)20-8-13-14(9-20)17-11(2)18-15(13)19-4-3-5-19;1-2/h10,12H,3-9H2,1-2H3;1-2H3. The molecule has 23 heavy (non-hydrogen) atoms. The predicted octanol–water partition coefficient (Wildman–Crippen LogP) is 2.91. The summed E-state index contributed by atoms with van der Waals surface area (Å²) in [4.78, 5) is 26.1. The van der Waals surface area contributed by atoms with Crippen LogP contribution in [0.15, 0.2) is 0 Å². The molecule has 0 spiro atoms. The number of hydrogen-bond donors (Lipinski definition) is 0. The topological polar surface area (TPSA) is 49.3 Å². The van der Waals surface area contributed by atoms with E-state index >= 15 is 0 Å². The Balaban J connectivity index is 0.000000753. The highest BCUT2D eigenvalue weighted by atomic mass is 16.2. The van der Waals surface area contributed by atoms with Gasteiger partial charge in [0.2, 0.25) is 5.91 Å². The van der Waals surface area contributed by atoms with Crippen molar-refractivity contribution in [3.8, 4) is 0 Å². The smallest absolute Gasteiger partial charge is 0.226 e. The average Bonchev–Trinajstić information content (AvgIpc) is 2.87. The van der Waals surface area contributed by atoms with Crippen LogP contribution >= 0.6 is 0 Å². The van der Waals surface area contributed by atoms with Crippen molar-refractivity contribution in [2.45, 2.75) is 60.0 Å². The maximum Gasteiger partial charge on any atom is 0.226 e. The number of aromatic nitrogens is 2. The molecule has 1 amide bonds. The Kier molecular flexibility index (Phi) is 4.55. The summed E-state index contributed by atoms with van der Waals surface area (Å²) in [5.41, 5.74) is 2.24. The molecule has 1 aromatic heterocycles. The van der Waals surface area contributed by atoms with Crippen LogP contribution in [0.4, 0.5) is 5.82 Å². The van der Waals surface area contributed by atoms with Gasteiger partial charge in [0.15, 0.2) is 0 Å². The van der Waals surface area contributed by atoms with Gasteiger partial charge in [0.05, 0.1) is 18.8 Å². The third-order valence-corrected chi connectivity index (χ3v) is 5.06. The van der Waals surface area contributed by atoms with E-state index in [-0.39, 0.29) is 5.92 Å². The number of anilines is 1. The van der Waals surface area contributed by atoms with Crippen molar-refractivity contribution in [3.05, 3.63) is 17.1 Å². The molecule has 1 aromatic rings. The van der Waals surface area contributed by atoms with Crippen LogP contribution in [0, 0.1) is 18.8 Å². The summed E-state index contributed by atoms with van der Waals surface area (Å²) < 4.78 is 0. The quantitative estimate of drug-likeness (QED) is 0.842. The van der Waals surface area contributed by atoms with Crippen LogP contribution in [0.5, 0.6) is 0 Å². The molecule has 1 saturated heterocycles. The Morgan fingerprint density at radius 2 is 1.83 bits per heavy atom. The third-order valence-electron chi connectivity index (χ3n) is 5.06. The highest BCUT2D eigenvalue weighted by Gasteiger charge is 2.38. The van der Waals surface area contributed by atoms with E-state index in [4.69, 9.17) is 0 Å². The number of rotatable bonds is 2. The Morgan fingerprint density at radius 1 is 1.13 bits per heavy atom. The molecule has 0 radical (unpaired) electrons. The van der Waals surface area contributed by atoms with Crippen molar-refractivity contribution in [3.63, 3.8) is 0 Å². The minimum absolute atomic E-state index is 0.246. The normalized spacial score (nSPS) is 25.0. The van der Waals surface area contributed by atoms with Gasteiger partial charge < -0.3 is 9.80 Å². The SMILES string of the molecule is CC.Cc1nc2c(c(N3CCC3)n1)CN(C(=O)C1CC(C)C1)C2. The number of fused-ring (bicyclic) bond motifs is 1. The summed E-state index contributed by atoms with van der Waals surface area (Å²) in [6.07, 6.45) is 3.34.